The molecule has 1 aromatic heterocycles. The van der Waals surface area contributed by atoms with Crippen LogP contribution in [0.15, 0.2) is 66.7 Å². The highest BCUT2D eigenvalue weighted by atomic mass is 16.4. The van der Waals surface area contributed by atoms with Gasteiger partial charge in [0.2, 0.25) is 0 Å². The summed E-state index contributed by atoms with van der Waals surface area (Å²) in [5.41, 5.74) is 4.37. The zero-order chi connectivity index (χ0) is 21.3. The molecule has 0 saturated heterocycles. The molecule has 1 amide bonds. The van der Waals surface area contributed by atoms with Gasteiger partial charge in [-0.3, -0.25) is 4.79 Å². The highest BCUT2D eigenvalue weighted by Gasteiger charge is 2.17. The van der Waals surface area contributed by atoms with Gasteiger partial charge in [-0.2, -0.15) is 0 Å². The maximum atomic E-state index is 12.8. The Morgan fingerprint density at radius 3 is 2.33 bits per heavy atom. The normalized spacial score (nSPS) is 11.2. The lowest BCUT2D eigenvalue weighted by molar-refractivity contribution is 0.0696. The Morgan fingerprint density at radius 1 is 0.933 bits per heavy atom. The number of rotatable bonds is 5. The van der Waals surface area contributed by atoms with Crippen molar-refractivity contribution in [3.8, 4) is 0 Å². The molecule has 2 N–H and O–H groups in total. The first-order chi connectivity index (χ1) is 14.4. The smallest absolute Gasteiger partial charge is 0.335 e. The predicted octanol–water partition coefficient (Wildman–Crippen LogP) is 4.82. The summed E-state index contributed by atoms with van der Waals surface area (Å²) in [7, 11) is 0. The number of carboxylic acids is 1. The molecule has 5 nitrogen and oxygen atoms in total. The molecule has 0 unspecified atom stereocenters. The topological polar surface area (TPSA) is 79.3 Å². The summed E-state index contributed by atoms with van der Waals surface area (Å²) in [5.74, 6) is -1.09. The summed E-state index contributed by atoms with van der Waals surface area (Å²) in [6.45, 7) is 3.86. The van der Waals surface area contributed by atoms with E-state index < -0.39 is 5.97 Å². The molecule has 30 heavy (non-hydrogen) atoms. The molecule has 0 aliphatic carbocycles. The summed E-state index contributed by atoms with van der Waals surface area (Å²) >= 11 is 0. The van der Waals surface area contributed by atoms with Crippen LogP contribution in [0.1, 0.15) is 45.7 Å². The van der Waals surface area contributed by atoms with Crippen LogP contribution in [0.3, 0.4) is 0 Å². The van der Waals surface area contributed by atoms with Crippen LogP contribution in [0, 0.1) is 0 Å². The van der Waals surface area contributed by atoms with Crippen molar-refractivity contribution in [1.29, 1.82) is 0 Å². The summed E-state index contributed by atoms with van der Waals surface area (Å²) in [4.78, 5) is 28.7. The molecule has 0 spiro atoms. The first-order valence-electron chi connectivity index (χ1n) is 9.87. The van der Waals surface area contributed by atoms with Crippen LogP contribution in [0.4, 0.5) is 0 Å². The second kappa shape index (κ2) is 7.95. The number of pyridine rings is 1. The van der Waals surface area contributed by atoms with Gasteiger partial charge in [0, 0.05) is 16.8 Å². The van der Waals surface area contributed by atoms with Crippen LogP contribution < -0.4 is 5.32 Å². The van der Waals surface area contributed by atoms with Crippen molar-refractivity contribution in [2.24, 2.45) is 0 Å². The predicted molar refractivity (Wildman–Crippen MR) is 118 cm³/mol. The molecular weight excluding hydrogens is 376 g/mol. The molecule has 0 radical (unpaired) electrons. The Bertz CT molecular complexity index is 1260. The Kier molecular flexibility index (Phi) is 5.19. The number of carboxylic acid groups (broad SMARTS) is 1. The maximum absolute atomic E-state index is 12.8. The van der Waals surface area contributed by atoms with Crippen LogP contribution in [0.2, 0.25) is 0 Å². The van der Waals surface area contributed by atoms with E-state index in [1.807, 2.05) is 62.4 Å². The number of hydrogen-bond acceptors (Lipinski definition) is 3. The quantitative estimate of drug-likeness (QED) is 0.473. The number of aromatic nitrogens is 1. The molecule has 0 aliphatic heterocycles. The van der Waals surface area contributed by atoms with Crippen molar-refractivity contribution in [2.45, 2.75) is 26.3 Å². The fourth-order valence-electron chi connectivity index (χ4n) is 3.68. The monoisotopic (exact) mass is 398 g/mol. The molecule has 1 heterocycles. The minimum atomic E-state index is -0.942. The van der Waals surface area contributed by atoms with Gasteiger partial charge in [0.25, 0.3) is 5.91 Å². The van der Waals surface area contributed by atoms with E-state index >= 15 is 0 Å². The van der Waals surface area contributed by atoms with E-state index in [2.05, 4.69) is 5.32 Å². The number of amides is 1. The van der Waals surface area contributed by atoms with Crippen LogP contribution in [-0.4, -0.2) is 28.0 Å². The zero-order valence-electron chi connectivity index (χ0n) is 16.8. The Labute approximate surface area is 174 Å². The number of aromatic carboxylic acids is 1. The van der Waals surface area contributed by atoms with E-state index in [9.17, 15) is 9.59 Å². The Hall–Kier alpha value is -3.73. The average Bonchev–Trinajstić information content (AvgIpc) is 2.73. The SMILES string of the molecule is CC(C)NC(=O)c1cccc2c(Cc3ccc(C(=O)O)cc3)c3ccccc3nc12. The van der Waals surface area contributed by atoms with Gasteiger partial charge in [-0.25, -0.2) is 9.78 Å². The molecule has 5 heteroatoms. The van der Waals surface area contributed by atoms with Gasteiger partial charge < -0.3 is 10.4 Å². The van der Waals surface area contributed by atoms with E-state index in [4.69, 9.17) is 10.1 Å². The number of hydrogen-bond donors (Lipinski definition) is 2. The third-order valence-corrected chi connectivity index (χ3v) is 5.07. The number of carbonyl (C=O) groups is 2. The molecule has 3 aromatic carbocycles. The first kappa shape index (κ1) is 19.6. The van der Waals surface area contributed by atoms with Crippen LogP contribution in [-0.2, 0) is 6.42 Å². The molecule has 0 bridgehead atoms. The zero-order valence-corrected chi connectivity index (χ0v) is 16.8. The molecular formula is C25H22N2O3. The number of nitrogens with zero attached hydrogens (tertiary/aromatic N) is 1. The molecule has 4 rings (SSSR count). The Morgan fingerprint density at radius 2 is 1.63 bits per heavy atom. The van der Waals surface area contributed by atoms with Gasteiger partial charge in [-0.15, -0.1) is 0 Å². The summed E-state index contributed by atoms with van der Waals surface area (Å²) in [5, 5.41) is 14.0. The van der Waals surface area contributed by atoms with E-state index in [0.29, 0.717) is 17.5 Å². The number of benzene rings is 3. The van der Waals surface area contributed by atoms with Gasteiger partial charge in [0.1, 0.15) is 0 Å². The van der Waals surface area contributed by atoms with Crippen molar-refractivity contribution < 1.29 is 14.7 Å². The third-order valence-electron chi connectivity index (χ3n) is 5.07. The van der Waals surface area contributed by atoms with Gasteiger partial charge in [0.05, 0.1) is 22.2 Å². The minimum Gasteiger partial charge on any atom is -0.478 e. The second-order valence-electron chi connectivity index (χ2n) is 7.62. The maximum Gasteiger partial charge on any atom is 0.335 e. The van der Waals surface area contributed by atoms with Crippen molar-refractivity contribution in [2.75, 3.05) is 0 Å². The first-order valence-corrected chi connectivity index (χ1v) is 9.87. The van der Waals surface area contributed by atoms with Crippen molar-refractivity contribution in [3.63, 3.8) is 0 Å². The molecule has 150 valence electrons. The van der Waals surface area contributed by atoms with Gasteiger partial charge in [-0.1, -0.05) is 42.5 Å². The van der Waals surface area contributed by atoms with E-state index in [1.54, 1.807) is 18.2 Å². The third kappa shape index (κ3) is 3.74. The Balaban J connectivity index is 1.90. The minimum absolute atomic E-state index is 0.0282. The lowest BCUT2D eigenvalue weighted by atomic mass is 9.94. The fraction of sp³-hybridized carbons (Fsp3) is 0.160. The molecule has 0 fully saturated rings. The van der Waals surface area contributed by atoms with Crippen LogP contribution in [0.25, 0.3) is 21.8 Å². The second-order valence-corrected chi connectivity index (χ2v) is 7.62. The van der Waals surface area contributed by atoms with E-state index in [0.717, 1.165) is 27.4 Å². The van der Waals surface area contributed by atoms with E-state index in [-0.39, 0.29) is 17.5 Å². The summed E-state index contributed by atoms with van der Waals surface area (Å²) in [6.07, 6.45) is 0.606. The summed E-state index contributed by atoms with van der Waals surface area (Å²) < 4.78 is 0. The number of carbonyl (C=O) groups excluding carboxylic acids is 1. The molecule has 0 aliphatic rings. The average molecular weight is 398 g/mol. The summed E-state index contributed by atoms with van der Waals surface area (Å²) in [6, 6.07) is 20.5. The largest absolute Gasteiger partial charge is 0.478 e. The van der Waals surface area contributed by atoms with Gasteiger partial charge >= 0.3 is 5.97 Å². The van der Waals surface area contributed by atoms with Crippen LogP contribution >= 0.6 is 0 Å². The molecule has 0 saturated carbocycles. The number of fused-ring (bicyclic) bond motifs is 2. The van der Waals surface area contributed by atoms with E-state index in [1.165, 1.54) is 0 Å². The molecule has 4 aromatic rings. The van der Waals surface area contributed by atoms with Gasteiger partial charge in [0.15, 0.2) is 0 Å². The highest BCUT2D eigenvalue weighted by molar-refractivity contribution is 6.09. The number of nitrogens with one attached hydrogen (secondary N) is 1. The molecule has 0 atom stereocenters. The van der Waals surface area contributed by atoms with Crippen LogP contribution in [0.5, 0.6) is 0 Å². The lowest BCUT2D eigenvalue weighted by Crippen LogP contribution is -2.30. The van der Waals surface area contributed by atoms with Crippen molar-refractivity contribution in [1.82, 2.24) is 10.3 Å². The highest BCUT2D eigenvalue weighted by Crippen LogP contribution is 2.30. The van der Waals surface area contributed by atoms with Crippen molar-refractivity contribution >= 4 is 33.7 Å². The van der Waals surface area contributed by atoms with Gasteiger partial charge in [-0.05, 0) is 55.7 Å². The van der Waals surface area contributed by atoms with Crippen molar-refractivity contribution in [3.05, 3.63) is 89.0 Å². The number of para-hydroxylation sites is 2. The standard InChI is InChI=1S/C25H22N2O3/c1-15(2)26-24(28)20-8-5-7-19-21(14-16-10-12-17(13-11-16)25(29)30)18-6-3-4-9-22(18)27-23(19)20/h3-13,15H,14H2,1-2H3,(H,26,28)(H,29,30). The lowest BCUT2D eigenvalue weighted by Gasteiger charge is -2.15. The fourth-order valence-corrected chi connectivity index (χ4v) is 3.68.